The summed E-state index contributed by atoms with van der Waals surface area (Å²) in [6.45, 7) is 3.69. The van der Waals surface area contributed by atoms with Crippen molar-refractivity contribution in [2.24, 2.45) is 0 Å². The summed E-state index contributed by atoms with van der Waals surface area (Å²) in [7, 11) is 1.43. The molecule has 88 valence electrons. The van der Waals surface area contributed by atoms with Gasteiger partial charge in [0.05, 0.1) is 24.8 Å². The lowest BCUT2D eigenvalue weighted by molar-refractivity contribution is -0.155. The maximum absolute atomic E-state index is 11.3. The molecule has 1 aliphatic heterocycles. The Morgan fingerprint density at radius 2 is 2.12 bits per heavy atom. The molecule has 0 saturated carbocycles. The van der Waals surface area contributed by atoms with Gasteiger partial charge in [-0.1, -0.05) is 6.92 Å². The molecule has 0 aliphatic carbocycles. The number of rotatable bonds is 1. The number of aliphatic hydroxyl groups excluding tert-OH is 1. The van der Waals surface area contributed by atoms with Gasteiger partial charge in [-0.25, -0.2) is 4.79 Å². The topological polar surface area (TPSA) is 68.9 Å². The van der Waals surface area contributed by atoms with Crippen LogP contribution in [-0.4, -0.2) is 18.3 Å². The van der Waals surface area contributed by atoms with Crippen molar-refractivity contribution < 1.29 is 19.0 Å². The number of hydrogen-bond donors (Lipinski definition) is 1. The Labute approximate surface area is 92.6 Å². The third-order valence-electron chi connectivity index (χ3n) is 2.92. The highest BCUT2D eigenvalue weighted by Gasteiger charge is 2.34. The minimum Gasteiger partial charge on any atom is -0.496 e. The number of hydrogen-bond acceptors (Lipinski definition) is 5. The molecule has 1 aromatic rings. The quantitative estimate of drug-likeness (QED) is 0.778. The lowest BCUT2D eigenvalue weighted by atomic mass is 9.95. The minimum atomic E-state index is -1.11. The Hall–Kier alpha value is -1.33. The van der Waals surface area contributed by atoms with Crippen LogP contribution < -0.4 is 10.4 Å². The molecule has 1 N–H and O–H groups in total. The van der Waals surface area contributed by atoms with E-state index in [0.29, 0.717) is 17.1 Å². The number of fused-ring (bicyclic) bond motifs is 1. The summed E-state index contributed by atoms with van der Waals surface area (Å²) in [5.41, 5.74) is -0.0727. The molecule has 0 spiro atoms. The van der Waals surface area contributed by atoms with Crippen LogP contribution in [0.15, 0.2) is 15.3 Å². The van der Waals surface area contributed by atoms with Crippen LogP contribution in [0.5, 0.6) is 5.75 Å². The fraction of sp³-hybridized carbons (Fsp3) is 0.545. The zero-order chi connectivity index (χ0) is 11.9. The predicted molar refractivity (Wildman–Crippen MR) is 55.5 cm³/mol. The van der Waals surface area contributed by atoms with Crippen LogP contribution in [0, 0.1) is 0 Å². The largest absolute Gasteiger partial charge is 0.496 e. The van der Waals surface area contributed by atoms with E-state index in [1.165, 1.54) is 13.2 Å². The molecule has 5 heteroatoms. The SMILES string of the molecule is COc1cc(=O)oc2c1[C@H](O)O[C@@H](C)[C@@H]2C. The molecule has 2 heterocycles. The number of ether oxygens (including phenoxy) is 2. The van der Waals surface area contributed by atoms with E-state index >= 15 is 0 Å². The van der Waals surface area contributed by atoms with E-state index in [9.17, 15) is 9.90 Å². The van der Waals surface area contributed by atoms with Gasteiger partial charge in [-0.3, -0.25) is 0 Å². The van der Waals surface area contributed by atoms with Crippen LogP contribution in [0.2, 0.25) is 0 Å². The third kappa shape index (κ3) is 1.62. The lowest BCUT2D eigenvalue weighted by Gasteiger charge is -2.31. The Morgan fingerprint density at radius 3 is 2.75 bits per heavy atom. The second kappa shape index (κ2) is 3.92. The van der Waals surface area contributed by atoms with Crippen LogP contribution in [0.3, 0.4) is 0 Å². The highest BCUT2D eigenvalue weighted by molar-refractivity contribution is 5.38. The first-order valence-corrected chi connectivity index (χ1v) is 5.10. The van der Waals surface area contributed by atoms with Crippen molar-refractivity contribution in [1.29, 1.82) is 0 Å². The molecule has 1 aliphatic rings. The number of aliphatic hydroxyl groups is 1. The molecule has 0 amide bonds. The molecule has 3 atom stereocenters. The van der Waals surface area contributed by atoms with E-state index in [2.05, 4.69) is 0 Å². The predicted octanol–water partition coefficient (Wildman–Crippen LogP) is 1.16. The number of methoxy groups -OCH3 is 1. The monoisotopic (exact) mass is 226 g/mol. The first-order chi connectivity index (χ1) is 7.54. The van der Waals surface area contributed by atoms with Crippen LogP contribution in [0.1, 0.15) is 37.4 Å². The molecular weight excluding hydrogens is 212 g/mol. The molecule has 1 aromatic heterocycles. The first kappa shape index (κ1) is 11.2. The smallest absolute Gasteiger partial charge is 0.339 e. The minimum absolute atomic E-state index is 0.0961. The summed E-state index contributed by atoms with van der Waals surface area (Å²) in [5, 5.41) is 9.79. The zero-order valence-electron chi connectivity index (χ0n) is 9.39. The average Bonchev–Trinajstić information content (AvgIpc) is 2.24. The summed E-state index contributed by atoms with van der Waals surface area (Å²) >= 11 is 0. The van der Waals surface area contributed by atoms with Crippen LogP contribution in [-0.2, 0) is 4.74 Å². The van der Waals surface area contributed by atoms with Gasteiger partial charge in [0.1, 0.15) is 11.5 Å². The second-order valence-electron chi connectivity index (χ2n) is 3.89. The van der Waals surface area contributed by atoms with Crippen molar-refractivity contribution >= 4 is 0 Å². The van der Waals surface area contributed by atoms with Gasteiger partial charge in [0.15, 0.2) is 6.29 Å². The van der Waals surface area contributed by atoms with E-state index in [1.54, 1.807) is 0 Å². The maximum atomic E-state index is 11.3. The summed E-state index contributed by atoms with van der Waals surface area (Å²) in [6, 6.07) is 1.20. The lowest BCUT2D eigenvalue weighted by Crippen LogP contribution is -2.28. The van der Waals surface area contributed by atoms with Gasteiger partial charge in [-0.15, -0.1) is 0 Å². The molecule has 5 nitrogen and oxygen atoms in total. The summed E-state index contributed by atoms with van der Waals surface area (Å²) < 4.78 is 15.5. The highest BCUT2D eigenvalue weighted by atomic mass is 16.6. The van der Waals surface area contributed by atoms with E-state index in [1.807, 2.05) is 13.8 Å². The van der Waals surface area contributed by atoms with Gasteiger partial charge in [0.25, 0.3) is 0 Å². The fourth-order valence-electron chi connectivity index (χ4n) is 1.85. The Balaban J connectivity index is 2.65. The molecule has 0 fully saturated rings. The first-order valence-electron chi connectivity index (χ1n) is 5.10. The Morgan fingerprint density at radius 1 is 1.44 bits per heavy atom. The van der Waals surface area contributed by atoms with Gasteiger partial charge in [0, 0.05) is 5.92 Å². The van der Waals surface area contributed by atoms with Gasteiger partial charge in [0.2, 0.25) is 0 Å². The van der Waals surface area contributed by atoms with Crippen LogP contribution in [0.4, 0.5) is 0 Å². The van der Waals surface area contributed by atoms with E-state index in [0.717, 1.165) is 0 Å². The zero-order valence-corrected chi connectivity index (χ0v) is 9.39. The molecule has 0 saturated heterocycles. The fourth-order valence-corrected chi connectivity index (χ4v) is 1.85. The van der Waals surface area contributed by atoms with Crippen molar-refractivity contribution in [3.63, 3.8) is 0 Å². The van der Waals surface area contributed by atoms with Crippen molar-refractivity contribution in [3.05, 3.63) is 27.8 Å². The van der Waals surface area contributed by atoms with Gasteiger partial charge in [-0.2, -0.15) is 0 Å². The molecule has 0 radical (unpaired) electrons. The Kier molecular flexibility index (Phi) is 2.73. The maximum Gasteiger partial charge on any atom is 0.339 e. The summed E-state index contributed by atoms with van der Waals surface area (Å²) in [4.78, 5) is 11.3. The normalized spacial score (nSPS) is 28.6. The van der Waals surface area contributed by atoms with Crippen molar-refractivity contribution in [1.82, 2.24) is 0 Å². The molecule has 0 bridgehead atoms. The molecule has 0 aromatic carbocycles. The van der Waals surface area contributed by atoms with E-state index < -0.39 is 11.9 Å². The highest BCUT2D eigenvalue weighted by Crippen LogP contribution is 2.39. The van der Waals surface area contributed by atoms with Gasteiger partial charge < -0.3 is 19.0 Å². The summed E-state index contributed by atoms with van der Waals surface area (Å²) in [6.07, 6.45) is -1.32. The second-order valence-corrected chi connectivity index (χ2v) is 3.89. The van der Waals surface area contributed by atoms with Crippen LogP contribution >= 0.6 is 0 Å². The van der Waals surface area contributed by atoms with E-state index in [-0.39, 0.29) is 12.0 Å². The molecule has 0 unspecified atom stereocenters. The molecule has 2 rings (SSSR count). The third-order valence-corrected chi connectivity index (χ3v) is 2.92. The standard InChI is InChI=1S/C11H14O5/c1-5-6(2)15-11(13)9-7(14-3)4-8(12)16-10(5)9/h4-6,11,13H,1-3H3/t5-,6-,11+/m0/s1. The summed E-state index contributed by atoms with van der Waals surface area (Å²) in [5.74, 6) is 0.648. The molecule has 16 heavy (non-hydrogen) atoms. The van der Waals surface area contributed by atoms with Crippen molar-refractivity contribution in [3.8, 4) is 5.75 Å². The van der Waals surface area contributed by atoms with Gasteiger partial charge >= 0.3 is 5.63 Å². The molecular formula is C11H14O5. The van der Waals surface area contributed by atoms with Crippen LogP contribution in [0.25, 0.3) is 0 Å². The average molecular weight is 226 g/mol. The van der Waals surface area contributed by atoms with E-state index in [4.69, 9.17) is 13.9 Å². The Bertz CT molecular complexity index is 450. The van der Waals surface area contributed by atoms with Gasteiger partial charge in [-0.05, 0) is 6.92 Å². The van der Waals surface area contributed by atoms with Crippen molar-refractivity contribution in [2.75, 3.05) is 7.11 Å². The van der Waals surface area contributed by atoms with Crippen molar-refractivity contribution in [2.45, 2.75) is 32.2 Å².